The van der Waals surface area contributed by atoms with Gasteiger partial charge in [0, 0.05) is 11.8 Å². The highest BCUT2D eigenvalue weighted by Crippen LogP contribution is 2.32. The normalized spacial score (nSPS) is 10.9. The fraction of sp³-hybridized carbons (Fsp3) is 0.250. The number of aliphatic hydroxyl groups is 1. The molecule has 0 atom stereocenters. The molecule has 0 aromatic carbocycles. The van der Waals surface area contributed by atoms with E-state index in [0.717, 1.165) is 6.20 Å². The van der Waals surface area contributed by atoms with Gasteiger partial charge in [-0.3, -0.25) is 0 Å². The molecule has 0 aliphatic carbocycles. The van der Waals surface area contributed by atoms with Crippen molar-refractivity contribution >= 4 is 5.69 Å². The van der Waals surface area contributed by atoms with E-state index < -0.39 is 30.1 Å². The quantitative estimate of drug-likeness (QED) is 0.792. The molecule has 0 radical (unpaired) electrons. The lowest BCUT2D eigenvalue weighted by Gasteiger charge is -2.13. The molecule has 0 saturated carbocycles. The Balaban J connectivity index is 3.28. The summed E-state index contributed by atoms with van der Waals surface area (Å²) in [5, 5.41) is 17.3. The van der Waals surface area contributed by atoms with E-state index in [9.17, 15) is 13.2 Å². The van der Waals surface area contributed by atoms with Gasteiger partial charge in [-0.2, -0.15) is 5.26 Å². The number of rotatable bonds is 2. The zero-order chi connectivity index (χ0) is 12.3. The van der Waals surface area contributed by atoms with Crippen molar-refractivity contribution in [3.63, 3.8) is 0 Å². The lowest BCUT2D eigenvalue weighted by molar-refractivity contribution is -0.274. The lowest BCUT2D eigenvalue weighted by Crippen LogP contribution is -2.19. The Labute approximate surface area is 87.9 Å². The summed E-state index contributed by atoms with van der Waals surface area (Å²) in [7, 11) is 0. The molecule has 0 spiro atoms. The number of nitrogen functional groups attached to an aromatic ring is 1. The van der Waals surface area contributed by atoms with Crippen molar-refractivity contribution in [1.82, 2.24) is 4.98 Å². The number of anilines is 1. The van der Waals surface area contributed by atoms with Crippen LogP contribution < -0.4 is 10.5 Å². The van der Waals surface area contributed by atoms with Gasteiger partial charge in [0.2, 0.25) is 0 Å². The van der Waals surface area contributed by atoms with Crippen LogP contribution in [0.15, 0.2) is 6.20 Å². The third-order valence-corrected chi connectivity index (χ3v) is 1.65. The molecule has 5 nitrogen and oxygen atoms in total. The molecule has 0 amide bonds. The van der Waals surface area contributed by atoms with Crippen molar-refractivity contribution in [3.8, 4) is 11.8 Å². The van der Waals surface area contributed by atoms with Crippen LogP contribution in [0.25, 0.3) is 0 Å². The predicted molar refractivity (Wildman–Crippen MR) is 46.0 cm³/mol. The summed E-state index contributed by atoms with van der Waals surface area (Å²) < 4.78 is 39.6. The minimum Gasteiger partial charge on any atom is -0.400 e. The van der Waals surface area contributed by atoms with E-state index in [1.54, 1.807) is 0 Å². The number of nitriles is 1. The maximum atomic E-state index is 12.0. The third-order valence-electron chi connectivity index (χ3n) is 1.65. The molecule has 0 bridgehead atoms. The van der Waals surface area contributed by atoms with Crippen LogP contribution in [0.5, 0.6) is 5.75 Å². The zero-order valence-corrected chi connectivity index (χ0v) is 7.75. The van der Waals surface area contributed by atoms with Gasteiger partial charge in [0.05, 0.1) is 12.3 Å². The summed E-state index contributed by atoms with van der Waals surface area (Å²) in [6.45, 7) is -0.598. The Morgan fingerprint density at radius 2 is 2.19 bits per heavy atom. The van der Waals surface area contributed by atoms with Gasteiger partial charge < -0.3 is 15.6 Å². The Kier molecular flexibility index (Phi) is 3.20. The molecule has 3 N–H and O–H groups in total. The number of aromatic nitrogens is 1. The van der Waals surface area contributed by atoms with Gasteiger partial charge in [0.1, 0.15) is 6.07 Å². The third kappa shape index (κ3) is 2.52. The van der Waals surface area contributed by atoms with Crippen LogP contribution in [0, 0.1) is 11.3 Å². The van der Waals surface area contributed by atoms with Crippen molar-refractivity contribution in [2.24, 2.45) is 0 Å². The zero-order valence-electron chi connectivity index (χ0n) is 7.75. The molecule has 1 aromatic rings. The fourth-order valence-electron chi connectivity index (χ4n) is 0.969. The highest BCUT2D eigenvalue weighted by atomic mass is 19.4. The van der Waals surface area contributed by atoms with E-state index in [-0.39, 0.29) is 5.56 Å². The van der Waals surface area contributed by atoms with E-state index in [1.807, 2.05) is 0 Å². The molecule has 0 aliphatic heterocycles. The van der Waals surface area contributed by atoms with Crippen LogP contribution in [0.1, 0.15) is 11.3 Å². The van der Waals surface area contributed by atoms with Crippen LogP contribution in [0.4, 0.5) is 18.9 Å². The molecule has 86 valence electrons. The molecule has 16 heavy (non-hydrogen) atoms. The number of halogens is 3. The second kappa shape index (κ2) is 4.24. The van der Waals surface area contributed by atoms with E-state index in [2.05, 4.69) is 9.72 Å². The monoisotopic (exact) mass is 233 g/mol. The number of aliphatic hydroxyl groups excluding tert-OH is 1. The van der Waals surface area contributed by atoms with Crippen molar-refractivity contribution in [2.45, 2.75) is 13.0 Å². The van der Waals surface area contributed by atoms with Crippen molar-refractivity contribution in [1.29, 1.82) is 5.26 Å². The van der Waals surface area contributed by atoms with Gasteiger partial charge in [-0.1, -0.05) is 0 Å². The van der Waals surface area contributed by atoms with E-state index in [0.29, 0.717) is 0 Å². The van der Waals surface area contributed by atoms with Gasteiger partial charge in [-0.25, -0.2) is 4.98 Å². The average Bonchev–Trinajstić information content (AvgIpc) is 2.19. The van der Waals surface area contributed by atoms with Crippen molar-refractivity contribution in [3.05, 3.63) is 17.5 Å². The number of ether oxygens (including phenoxy) is 1. The molecule has 0 unspecified atom stereocenters. The second-order valence-corrected chi connectivity index (χ2v) is 2.69. The Hall–Kier alpha value is -2.01. The summed E-state index contributed by atoms with van der Waals surface area (Å²) >= 11 is 0. The smallest absolute Gasteiger partial charge is 0.400 e. The second-order valence-electron chi connectivity index (χ2n) is 2.69. The number of alkyl halides is 3. The molecule has 0 fully saturated rings. The van der Waals surface area contributed by atoms with Crippen LogP contribution in [0.3, 0.4) is 0 Å². The number of pyridine rings is 1. The van der Waals surface area contributed by atoms with E-state index >= 15 is 0 Å². The predicted octanol–water partition coefficient (Wildman–Crippen LogP) is 0.926. The highest BCUT2D eigenvalue weighted by molar-refractivity contribution is 5.62. The molecular weight excluding hydrogens is 227 g/mol. The van der Waals surface area contributed by atoms with Crippen LogP contribution in [0.2, 0.25) is 0 Å². The average molecular weight is 233 g/mol. The van der Waals surface area contributed by atoms with Crippen molar-refractivity contribution in [2.75, 3.05) is 5.73 Å². The van der Waals surface area contributed by atoms with Crippen LogP contribution in [-0.2, 0) is 6.61 Å². The molecule has 1 rings (SSSR count). The van der Waals surface area contributed by atoms with Crippen molar-refractivity contribution < 1.29 is 23.0 Å². The maximum absolute atomic E-state index is 12.0. The van der Waals surface area contributed by atoms with Gasteiger partial charge in [-0.05, 0) is 0 Å². The molecule has 8 heteroatoms. The van der Waals surface area contributed by atoms with E-state index in [1.165, 1.54) is 6.07 Å². The first-order valence-corrected chi connectivity index (χ1v) is 3.93. The Bertz CT molecular complexity index is 439. The topological polar surface area (TPSA) is 92.2 Å². The number of nitrogens with two attached hydrogens (primary N) is 1. The van der Waals surface area contributed by atoms with Crippen LogP contribution >= 0.6 is 0 Å². The maximum Gasteiger partial charge on any atom is 0.573 e. The minimum atomic E-state index is -4.98. The number of hydrogen-bond acceptors (Lipinski definition) is 5. The summed E-state index contributed by atoms with van der Waals surface area (Å²) in [6, 6.07) is 1.41. The van der Waals surface area contributed by atoms with Gasteiger partial charge >= 0.3 is 6.36 Å². The SMILES string of the molecule is N#Cc1ncc(CO)c(N)c1OC(F)(F)F. The van der Waals surface area contributed by atoms with Gasteiger partial charge in [0.25, 0.3) is 0 Å². The Morgan fingerprint density at radius 3 is 2.62 bits per heavy atom. The Morgan fingerprint density at radius 1 is 1.56 bits per heavy atom. The first-order valence-electron chi connectivity index (χ1n) is 3.93. The summed E-state index contributed by atoms with van der Waals surface area (Å²) in [5.74, 6) is -0.887. The highest BCUT2D eigenvalue weighted by Gasteiger charge is 2.34. The summed E-state index contributed by atoms with van der Waals surface area (Å²) in [4.78, 5) is 3.39. The standard InChI is InChI=1S/C8H6F3N3O2/c9-8(10,11)16-7-5(1-12)14-2-4(3-15)6(7)13/h2,15H,3H2,(H2,13,14). The summed E-state index contributed by atoms with van der Waals surface area (Å²) in [6.07, 6.45) is -3.97. The first kappa shape index (κ1) is 12.1. The number of nitrogens with zero attached hydrogens (tertiary/aromatic N) is 2. The number of hydrogen-bond donors (Lipinski definition) is 2. The first-order chi connectivity index (χ1) is 7.39. The van der Waals surface area contributed by atoms with Gasteiger partial charge in [0.15, 0.2) is 11.4 Å². The molecule has 1 aromatic heterocycles. The summed E-state index contributed by atoms with van der Waals surface area (Å²) in [5.41, 5.74) is 4.21. The lowest BCUT2D eigenvalue weighted by atomic mass is 10.2. The minimum absolute atomic E-state index is 0.0433. The van der Waals surface area contributed by atoms with Gasteiger partial charge in [-0.15, -0.1) is 13.2 Å². The molecule has 0 saturated heterocycles. The molecule has 1 heterocycles. The fourth-order valence-corrected chi connectivity index (χ4v) is 0.969. The molecular formula is C8H6F3N3O2. The molecule has 0 aliphatic rings. The van der Waals surface area contributed by atoms with Crippen LogP contribution in [-0.4, -0.2) is 16.5 Å². The van der Waals surface area contributed by atoms with E-state index in [4.69, 9.17) is 16.1 Å². The largest absolute Gasteiger partial charge is 0.573 e.